The Morgan fingerprint density at radius 2 is 1.23 bits per heavy atom. The number of carbonyl (C=O) groups excluding carboxylic acids is 1. The van der Waals surface area contributed by atoms with Crippen LogP contribution in [-0.2, 0) is 6.42 Å². The van der Waals surface area contributed by atoms with Gasteiger partial charge in [0.2, 0.25) is 0 Å². The summed E-state index contributed by atoms with van der Waals surface area (Å²) in [4.78, 5) is 11.9. The first-order valence-corrected chi connectivity index (χ1v) is 10.3. The molecule has 30 heavy (non-hydrogen) atoms. The van der Waals surface area contributed by atoms with E-state index in [-0.39, 0.29) is 5.92 Å². The third kappa shape index (κ3) is 3.19. The van der Waals surface area contributed by atoms with E-state index in [1.807, 2.05) is 18.2 Å². The lowest BCUT2D eigenvalue weighted by atomic mass is 9.83. The van der Waals surface area contributed by atoms with Crippen LogP contribution in [0.2, 0.25) is 0 Å². The highest BCUT2D eigenvalue weighted by Crippen LogP contribution is 2.49. The van der Waals surface area contributed by atoms with E-state index in [1.165, 1.54) is 33.4 Å². The Balaban J connectivity index is 1.79. The van der Waals surface area contributed by atoms with E-state index in [0.717, 1.165) is 23.8 Å². The van der Waals surface area contributed by atoms with Gasteiger partial charge in [-0.25, -0.2) is 0 Å². The predicted molar refractivity (Wildman–Crippen MR) is 123 cm³/mol. The molecule has 0 N–H and O–H groups in total. The second kappa shape index (κ2) is 7.96. The third-order valence-corrected chi connectivity index (χ3v) is 5.94. The first kappa shape index (κ1) is 18.3. The van der Waals surface area contributed by atoms with Crippen LogP contribution < -0.4 is 0 Å². The van der Waals surface area contributed by atoms with Gasteiger partial charge in [-0.1, -0.05) is 109 Å². The van der Waals surface area contributed by atoms with Crippen LogP contribution in [0.1, 0.15) is 44.1 Å². The monoisotopic (exact) mass is 386 g/mol. The number of aldehydes is 1. The largest absolute Gasteiger partial charge is 0.298 e. The molecule has 1 heteroatoms. The van der Waals surface area contributed by atoms with Gasteiger partial charge in [-0.2, -0.15) is 0 Å². The Hall–Kier alpha value is -3.71. The molecule has 0 aliphatic heterocycles. The maximum atomic E-state index is 11.9. The topological polar surface area (TPSA) is 17.1 Å². The third-order valence-electron chi connectivity index (χ3n) is 5.94. The molecule has 144 valence electrons. The number of fused-ring (bicyclic) bond motifs is 1. The number of hydrogen-bond donors (Lipinski definition) is 0. The highest BCUT2D eigenvalue weighted by atomic mass is 16.1. The Morgan fingerprint density at radius 3 is 1.97 bits per heavy atom. The van der Waals surface area contributed by atoms with E-state index in [9.17, 15) is 4.79 Å². The van der Waals surface area contributed by atoms with Gasteiger partial charge >= 0.3 is 0 Å². The molecule has 0 fully saturated rings. The number of rotatable bonds is 5. The van der Waals surface area contributed by atoms with Crippen molar-refractivity contribution < 1.29 is 4.79 Å². The van der Waals surface area contributed by atoms with E-state index in [1.54, 1.807) is 0 Å². The fraction of sp³-hybridized carbons (Fsp3) is 0.0690. The van der Waals surface area contributed by atoms with Crippen molar-refractivity contribution in [2.24, 2.45) is 0 Å². The first-order valence-electron chi connectivity index (χ1n) is 10.3. The zero-order valence-corrected chi connectivity index (χ0v) is 16.7. The van der Waals surface area contributed by atoms with Crippen molar-refractivity contribution in [2.75, 3.05) is 0 Å². The van der Waals surface area contributed by atoms with Crippen LogP contribution in [0.4, 0.5) is 0 Å². The minimum absolute atomic E-state index is 0.0676. The van der Waals surface area contributed by atoms with Crippen LogP contribution in [-0.4, -0.2) is 6.29 Å². The van der Waals surface area contributed by atoms with Gasteiger partial charge in [-0.15, -0.1) is 0 Å². The minimum atomic E-state index is 0.0676. The summed E-state index contributed by atoms with van der Waals surface area (Å²) in [6.45, 7) is 0. The predicted octanol–water partition coefficient (Wildman–Crippen LogP) is 6.69. The van der Waals surface area contributed by atoms with Crippen molar-refractivity contribution in [1.29, 1.82) is 0 Å². The maximum absolute atomic E-state index is 11.9. The fourth-order valence-corrected chi connectivity index (χ4v) is 4.67. The molecule has 0 bridgehead atoms. The van der Waals surface area contributed by atoms with Gasteiger partial charge in [0.1, 0.15) is 6.29 Å². The molecule has 0 saturated heterocycles. The van der Waals surface area contributed by atoms with E-state index >= 15 is 0 Å². The highest BCUT2D eigenvalue weighted by molar-refractivity contribution is 5.91. The lowest BCUT2D eigenvalue weighted by Gasteiger charge is -2.20. The maximum Gasteiger partial charge on any atom is 0.150 e. The zero-order chi connectivity index (χ0) is 20.3. The van der Waals surface area contributed by atoms with Gasteiger partial charge in [0.15, 0.2) is 0 Å². The average Bonchev–Trinajstić information content (AvgIpc) is 3.13. The van der Waals surface area contributed by atoms with E-state index in [0.29, 0.717) is 0 Å². The molecule has 0 amide bonds. The molecular weight excluding hydrogens is 364 g/mol. The lowest BCUT2D eigenvalue weighted by molar-refractivity contribution is 0.112. The SMILES string of the molecule is O=Cc1ccccc1C1C(Cc2ccccc2)=C(c2ccccc2)c2ccccc21. The molecule has 0 aromatic heterocycles. The van der Waals surface area contributed by atoms with Crippen molar-refractivity contribution in [3.05, 3.63) is 148 Å². The van der Waals surface area contributed by atoms with Gasteiger partial charge in [0, 0.05) is 11.5 Å². The van der Waals surface area contributed by atoms with Crippen LogP contribution in [0.25, 0.3) is 5.57 Å². The molecule has 1 aliphatic carbocycles. The van der Waals surface area contributed by atoms with Gasteiger partial charge in [0.25, 0.3) is 0 Å². The van der Waals surface area contributed by atoms with Gasteiger partial charge in [0.05, 0.1) is 0 Å². The molecule has 1 unspecified atom stereocenters. The molecule has 0 radical (unpaired) electrons. The molecule has 1 atom stereocenters. The quantitative estimate of drug-likeness (QED) is 0.349. The van der Waals surface area contributed by atoms with Crippen molar-refractivity contribution in [3.63, 3.8) is 0 Å². The lowest BCUT2D eigenvalue weighted by Crippen LogP contribution is -2.07. The number of allylic oxidation sites excluding steroid dienone is 1. The standard InChI is InChI=1S/C29H22O/c30-20-23-15-7-8-16-24(23)29-26-18-10-9-17-25(26)28(22-13-5-2-6-14-22)27(29)19-21-11-3-1-4-12-21/h1-18,20,29H,19H2. The van der Waals surface area contributed by atoms with E-state index in [2.05, 4.69) is 91.0 Å². The van der Waals surface area contributed by atoms with E-state index < -0.39 is 0 Å². The van der Waals surface area contributed by atoms with Crippen LogP contribution in [0.5, 0.6) is 0 Å². The van der Waals surface area contributed by atoms with Crippen molar-refractivity contribution in [2.45, 2.75) is 12.3 Å². The summed E-state index contributed by atoms with van der Waals surface area (Å²) in [5, 5.41) is 0. The molecule has 1 aliphatic rings. The molecular formula is C29H22O. The molecule has 1 nitrogen and oxygen atoms in total. The smallest absolute Gasteiger partial charge is 0.150 e. The molecule has 0 spiro atoms. The Morgan fingerprint density at radius 1 is 0.633 bits per heavy atom. The highest BCUT2D eigenvalue weighted by Gasteiger charge is 2.33. The van der Waals surface area contributed by atoms with Gasteiger partial charge in [-0.05, 0) is 45.4 Å². The fourth-order valence-electron chi connectivity index (χ4n) is 4.67. The Bertz CT molecular complexity index is 1220. The number of benzene rings is 4. The summed E-state index contributed by atoms with van der Waals surface area (Å²) in [5.41, 5.74) is 9.53. The number of carbonyl (C=O) groups is 1. The molecule has 4 aromatic rings. The normalized spacial score (nSPS) is 15.1. The average molecular weight is 386 g/mol. The van der Waals surface area contributed by atoms with Crippen molar-refractivity contribution in [3.8, 4) is 0 Å². The molecule has 0 saturated carbocycles. The van der Waals surface area contributed by atoms with Gasteiger partial charge in [-0.3, -0.25) is 4.79 Å². The Kier molecular flexibility index (Phi) is 4.86. The second-order valence-corrected chi connectivity index (χ2v) is 7.70. The van der Waals surface area contributed by atoms with Crippen LogP contribution in [0.3, 0.4) is 0 Å². The van der Waals surface area contributed by atoms with Crippen LogP contribution in [0, 0.1) is 0 Å². The summed E-state index contributed by atoms with van der Waals surface area (Å²) < 4.78 is 0. The summed E-state index contributed by atoms with van der Waals surface area (Å²) >= 11 is 0. The Labute approximate surface area is 177 Å². The van der Waals surface area contributed by atoms with Crippen LogP contribution >= 0.6 is 0 Å². The first-order chi connectivity index (χ1) is 14.9. The zero-order valence-electron chi connectivity index (χ0n) is 16.7. The minimum Gasteiger partial charge on any atom is -0.298 e. The van der Waals surface area contributed by atoms with Crippen molar-refractivity contribution in [1.82, 2.24) is 0 Å². The molecule has 5 rings (SSSR count). The van der Waals surface area contributed by atoms with Crippen molar-refractivity contribution >= 4 is 11.9 Å². The van der Waals surface area contributed by atoms with Gasteiger partial charge < -0.3 is 0 Å². The number of hydrogen-bond acceptors (Lipinski definition) is 1. The van der Waals surface area contributed by atoms with Crippen LogP contribution in [0.15, 0.2) is 115 Å². The molecule has 4 aromatic carbocycles. The summed E-state index contributed by atoms with van der Waals surface area (Å²) in [7, 11) is 0. The second-order valence-electron chi connectivity index (χ2n) is 7.70. The summed E-state index contributed by atoms with van der Waals surface area (Å²) in [6.07, 6.45) is 1.83. The summed E-state index contributed by atoms with van der Waals surface area (Å²) in [5.74, 6) is 0.0676. The summed E-state index contributed by atoms with van der Waals surface area (Å²) in [6, 6.07) is 37.8. The van der Waals surface area contributed by atoms with E-state index in [4.69, 9.17) is 0 Å². The molecule has 0 heterocycles.